The number of hydrogen-bond acceptors (Lipinski definition) is 6. The van der Waals surface area contributed by atoms with E-state index in [0.29, 0.717) is 29.2 Å². The molecule has 1 aromatic heterocycles. The highest BCUT2D eigenvalue weighted by atomic mass is 16.5. The molecular formula is C30H32N6O3. The van der Waals surface area contributed by atoms with Crippen LogP contribution in [0.15, 0.2) is 79.5 Å². The van der Waals surface area contributed by atoms with Crippen LogP contribution >= 0.6 is 0 Å². The predicted molar refractivity (Wildman–Crippen MR) is 152 cm³/mol. The molecule has 3 N–H and O–H groups in total. The van der Waals surface area contributed by atoms with Crippen molar-refractivity contribution < 1.29 is 14.3 Å². The van der Waals surface area contributed by atoms with E-state index >= 15 is 0 Å². The molecule has 0 radical (unpaired) electrons. The number of anilines is 3. The van der Waals surface area contributed by atoms with Crippen LogP contribution in [0, 0.1) is 11.3 Å². The van der Waals surface area contributed by atoms with Crippen LogP contribution in [-0.4, -0.2) is 36.1 Å². The highest BCUT2D eigenvalue weighted by Gasteiger charge is 2.31. The number of benzene rings is 2. The first-order valence-electron chi connectivity index (χ1n) is 12.8. The van der Waals surface area contributed by atoms with Crippen molar-refractivity contribution in [2.24, 2.45) is 0 Å². The van der Waals surface area contributed by atoms with Crippen molar-refractivity contribution in [3.63, 3.8) is 0 Å². The number of urea groups is 1. The molecule has 0 unspecified atom stereocenters. The quantitative estimate of drug-likeness (QED) is 0.330. The number of nitrogens with one attached hydrogen (secondary N) is 3. The second kappa shape index (κ2) is 13.1. The molecule has 0 spiro atoms. The first-order valence-corrected chi connectivity index (χ1v) is 12.8. The lowest BCUT2D eigenvalue weighted by atomic mass is 9.89. The Morgan fingerprint density at radius 3 is 2.54 bits per heavy atom. The van der Waals surface area contributed by atoms with Crippen LogP contribution in [-0.2, 0) is 11.3 Å². The maximum Gasteiger partial charge on any atom is 0.322 e. The highest BCUT2D eigenvalue weighted by Crippen LogP contribution is 2.33. The minimum Gasteiger partial charge on any atom is -0.497 e. The summed E-state index contributed by atoms with van der Waals surface area (Å²) in [5.74, 6) is 0.901. The molecule has 9 nitrogen and oxygen atoms in total. The molecule has 4 rings (SSSR count). The van der Waals surface area contributed by atoms with Gasteiger partial charge in [0.1, 0.15) is 17.6 Å². The second-order valence-electron chi connectivity index (χ2n) is 9.32. The molecule has 2 aromatic carbocycles. The van der Waals surface area contributed by atoms with Gasteiger partial charge in [0, 0.05) is 42.6 Å². The molecular weight excluding hydrogens is 492 g/mol. The van der Waals surface area contributed by atoms with Gasteiger partial charge >= 0.3 is 6.03 Å². The van der Waals surface area contributed by atoms with Crippen molar-refractivity contribution >= 4 is 29.1 Å². The number of ether oxygens (including phenoxy) is 1. The summed E-state index contributed by atoms with van der Waals surface area (Å²) < 4.78 is 5.48. The maximum atomic E-state index is 13.7. The third-order valence-corrected chi connectivity index (χ3v) is 6.67. The standard InChI is InChI=1S/C30H32N6O3/c1-3-29(37)35-24-15-26(17-27(16-24)39-2)36(30(38)33-19-21-7-5-4-6-8-21)25-12-10-23(11-13-25)34-28-14-9-22(18-31)20-32-28/h3-9,14-17,20,23,25H,1,10-13,19H2,2H3,(H,32,34)(H,33,38)(H,35,37). The van der Waals surface area contributed by atoms with Gasteiger partial charge in [-0.3, -0.25) is 9.69 Å². The topological polar surface area (TPSA) is 119 Å². The van der Waals surface area contributed by atoms with Gasteiger partial charge in [-0.15, -0.1) is 0 Å². The fourth-order valence-electron chi connectivity index (χ4n) is 4.69. The minimum atomic E-state index is -0.350. The summed E-state index contributed by atoms with van der Waals surface area (Å²) in [4.78, 5) is 31.7. The summed E-state index contributed by atoms with van der Waals surface area (Å²) in [5, 5.41) is 18.3. The van der Waals surface area contributed by atoms with Gasteiger partial charge in [-0.05, 0) is 55.5 Å². The van der Waals surface area contributed by atoms with E-state index in [2.05, 4.69) is 33.6 Å². The average Bonchev–Trinajstić information content (AvgIpc) is 2.98. The van der Waals surface area contributed by atoms with Gasteiger partial charge < -0.3 is 20.7 Å². The minimum absolute atomic E-state index is 0.0668. The zero-order valence-electron chi connectivity index (χ0n) is 21.9. The zero-order valence-corrected chi connectivity index (χ0v) is 21.9. The van der Waals surface area contributed by atoms with E-state index in [1.54, 1.807) is 42.5 Å². The molecule has 200 valence electrons. The Kier molecular flexibility index (Phi) is 9.14. The third-order valence-electron chi connectivity index (χ3n) is 6.67. The lowest BCUT2D eigenvalue weighted by Gasteiger charge is -2.37. The predicted octanol–water partition coefficient (Wildman–Crippen LogP) is 5.23. The number of carbonyl (C=O) groups is 2. The van der Waals surface area contributed by atoms with E-state index in [4.69, 9.17) is 10.00 Å². The van der Waals surface area contributed by atoms with Gasteiger partial charge in [-0.25, -0.2) is 9.78 Å². The van der Waals surface area contributed by atoms with Gasteiger partial charge in [-0.2, -0.15) is 5.26 Å². The molecule has 1 heterocycles. The molecule has 1 fully saturated rings. The van der Waals surface area contributed by atoms with Crippen molar-refractivity contribution in [3.05, 3.63) is 90.6 Å². The van der Waals surface area contributed by atoms with E-state index in [1.807, 2.05) is 36.4 Å². The second-order valence-corrected chi connectivity index (χ2v) is 9.32. The third kappa shape index (κ3) is 7.36. The number of hydrogen-bond donors (Lipinski definition) is 3. The first-order chi connectivity index (χ1) is 19.0. The van der Waals surface area contributed by atoms with Crippen molar-refractivity contribution in [3.8, 4) is 11.8 Å². The molecule has 1 aliphatic rings. The number of rotatable bonds is 9. The Hall–Kier alpha value is -4.84. The summed E-state index contributed by atoms with van der Waals surface area (Å²) >= 11 is 0. The molecule has 3 amide bonds. The molecule has 1 aliphatic carbocycles. The van der Waals surface area contributed by atoms with Gasteiger partial charge in [-0.1, -0.05) is 36.9 Å². The smallest absolute Gasteiger partial charge is 0.322 e. The summed E-state index contributed by atoms with van der Waals surface area (Å²) in [5.41, 5.74) is 2.66. The zero-order chi connectivity index (χ0) is 27.6. The van der Waals surface area contributed by atoms with Gasteiger partial charge in [0.05, 0.1) is 18.4 Å². The van der Waals surface area contributed by atoms with Crippen LogP contribution in [0.3, 0.4) is 0 Å². The monoisotopic (exact) mass is 524 g/mol. The number of aromatic nitrogens is 1. The lowest BCUT2D eigenvalue weighted by Crippen LogP contribution is -2.48. The van der Waals surface area contributed by atoms with Crippen LogP contribution < -0.4 is 25.6 Å². The normalized spacial score (nSPS) is 16.3. The fourth-order valence-corrected chi connectivity index (χ4v) is 4.69. The Morgan fingerprint density at radius 1 is 1.13 bits per heavy atom. The van der Waals surface area contributed by atoms with Gasteiger partial charge in [0.25, 0.3) is 0 Å². The maximum absolute atomic E-state index is 13.7. The summed E-state index contributed by atoms with van der Waals surface area (Å²) in [6.07, 6.45) is 5.94. The summed E-state index contributed by atoms with van der Waals surface area (Å²) in [6, 6.07) is 20.6. The molecule has 0 atom stereocenters. The number of pyridine rings is 1. The van der Waals surface area contributed by atoms with Gasteiger partial charge in [0.15, 0.2) is 0 Å². The van der Waals surface area contributed by atoms with E-state index in [0.717, 1.165) is 37.1 Å². The molecule has 9 heteroatoms. The Labute approximate surface area is 228 Å². The fraction of sp³-hybridized carbons (Fsp3) is 0.267. The largest absolute Gasteiger partial charge is 0.497 e. The van der Waals surface area contributed by atoms with Crippen molar-refractivity contribution in [2.75, 3.05) is 22.6 Å². The SMILES string of the molecule is C=CC(=O)Nc1cc(OC)cc(N(C(=O)NCc2ccccc2)C2CCC(Nc3ccc(C#N)cn3)CC2)c1. The van der Waals surface area contributed by atoms with E-state index in [-0.39, 0.29) is 24.0 Å². The number of nitrogens with zero attached hydrogens (tertiary/aromatic N) is 3. The molecule has 1 saturated carbocycles. The molecule has 39 heavy (non-hydrogen) atoms. The van der Waals surface area contributed by atoms with Crippen LogP contribution in [0.2, 0.25) is 0 Å². The molecule has 0 saturated heterocycles. The average molecular weight is 525 g/mol. The first kappa shape index (κ1) is 27.2. The number of amides is 3. The number of carbonyl (C=O) groups excluding carboxylic acids is 2. The lowest BCUT2D eigenvalue weighted by molar-refractivity contribution is -0.111. The molecule has 0 aliphatic heterocycles. The van der Waals surface area contributed by atoms with Crippen molar-refractivity contribution in [2.45, 2.75) is 44.3 Å². The Bertz CT molecular complexity index is 1330. The number of nitriles is 1. The van der Waals surface area contributed by atoms with E-state index in [9.17, 15) is 9.59 Å². The Morgan fingerprint density at radius 2 is 1.90 bits per heavy atom. The Balaban J connectivity index is 1.53. The van der Waals surface area contributed by atoms with Crippen molar-refractivity contribution in [1.29, 1.82) is 5.26 Å². The van der Waals surface area contributed by atoms with E-state index in [1.165, 1.54) is 6.08 Å². The van der Waals surface area contributed by atoms with Crippen LogP contribution in [0.1, 0.15) is 36.8 Å². The van der Waals surface area contributed by atoms with E-state index < -0.39 is 0 Å². The number of methoxy groups -OCH3 is 1. The van der Waals surface area contributed by atoms with Crippen LogP contribution in [0.4, 0.5) is 22.0 Å². The van der Waals surface area contributed by atoms with Crippen LogP contribution in [0.5, 0.6) is 5.75 Å². The molecule has 0 bridgehead atoms. The molecule has 3 aromatic rings. The summed E-state index contributed by atoms with van der Waals surface area (Å²) in [7, 11) is 1.55. The van der Waals surface area contributed by atoms with Gasteiger partial charge in [0.2, 0.25) is 5.91 Å². The highest BCUT2D eigenvalue weighted by molar-refractivity contribution is 6.00. The summed E-state index contributed by atoms with van der Waals surface area (Å²) in [6.45, 7) is 3.91. The van der Waals surface area contributed by atoms with Crippen LogP contribution in [0.25, 0.3) is 0 Å². The van der Waals surface area contributed by atoms with Crippen molar-refractivity contribution in [1.82, 2.24) is 10.3 Å².